The Morgan fingerprint density at radius 3 is 3.00 bits per heavy atom. The van der Waals surface area contributed by atoms with Gasteiger partial charge in [0.15, 0.2) is 6.54 Å². The van der Waals surface area contributed by atoms with Crippen LogP contribution in [0.15, 0.2) is 35.7 Å². The van der Waals surface area contributed by atoms with Gasteiger partial charge in [-0.05, 0) is 54.0 Å². The molecule has 2 atom stereocenters. The molecule has 1 aromatic heterocycles. The van der Waals surface area contributed by atoms with Crippen LogP contribution in [0, 0.1) is 0 Å². The Bertz CT molecular complexity index is 695. The van der Waals surface area contributed by atoms with E-state index in [4.69, 9.17) is 0 Å². The molecular formula is C19H23N2OS+. The van der Waals surface area contributed by atoms with Crippen LogP contribution in [0.3, 0.4) is 0 Å². The second-order valence-corrected chi connectivity index (χ2v) is 7.66. The molecule has 0 spiro atoms. The predicted octanol–water partition coefficient (Wildman–Crippen LogP) is 2.60. The SMILES string of the molecule is O=C(C[NH+]1CCC[C@@H]1c1cccs1)Nc1ccc2c(c1)CCC2. The average Bonchev–Trinajstić information content (AvgIpc) is 3.27. The average molecular weight is 327 g/mol. The maximum atomic E-state index is 12.5. The van der Waals surface area contributed by atoms with Crippen LogP contribution in [0.1, 0.15) is 41.3 Å². The van der Waals surface area contributed by atoms with Crippen LogP contribution in [0.5, 0.6) is 0 Å². The molecule has 1 unspecified atom stereocenters. The van der Waals surface area contributed by atoms with Crippen molar-refractivity contribution in [3.63, 3.8) is 0 Å². The highest BCUT2D eigenvalue weighted by molar-refractivity contribution is 7.10. The first-order valence-corrected chi connectivity index (χ1v) is 9.47. The van der Waals surface area contributed by atoms with Gasteiger partial charge >= 0.3 is 0 Å². The molecule has 1 saturated heterocycles. The van der Waals surface area contributed by atoms with E-state index in [0.717, 1.165) is 18.7 Å². The molecule has 4 rings (SSSR count). The lowest BCUT2D eigenvalue weighted by molar-refractivity contribution is -0.910. The highest BCUT2D eigenvalue weighted by atomic mass is 32.1. The smallest absolute Gasteiger partial charge is 0.279 e. The number of carbonyl (C=O) groups excluding carboxylic acids is 1. The van der Waals surface area contributed by atoms with Crippen LogP contribution in [0.25, 0.3) is 0 Å². The summed E-state index contributed by atoms with van der Waals surface area (Å²) in [4.78, 5) is 15.3. The quantitative estimate of drug-likeness (QED) is 0.889. The van der Waals surface area contributed by atoms with E-state index in [2.05, 4.69) is 41.0 Å². The number of anilines is 1. The maximum absolute atomic E-state index is 12.5. The third-order valence-corrected chi connectivity index (χ3v) is 6.13. The maximum Gasteiger partial charge on any atom is 0.279 e. The van der Waals surface area contributed by atoms with Gasteiger partial charge in [-0.1, -0.05) is 12.1 Å². The zero-order valence-corrected chi connectivity index (χ0v) is 14.1. The van der Waals surface area contributed by atoms with Crippen LogP contribution in [-0.2, 0) is 17.6 Å². The highest BCUT2D eigenvalue weighted by Gasteiger charge is 2.32. The van der Waals surface area contributed by atoms with Gasteiger partial charge in [0.1, 0.15) is 6.04 Å². The van der Waals surface area contributed by atoms with Gasteiger partial charge in [-0.2, -0.15) is 0 Å². The van der Waals surface area contributed by atoms with Crippen molar-refractivity contribution in [2.75, 3.05) is 18.4 Å². The second-order valence-electron chi connectivity index (χ2n) is 6.68. The van der Waals surface area contributed by atoms with Gasteiger partial charge in [0.25, 0.3) is 5.91 Å². The molecule has 1 aliphatic heterocycles. The van der Waals surface area contributed by atoms with E-state index in [1.165, 1.54) is 46.6 Å². The number of likely N-dealkylation sites (tertiary alicyclic amines) is 1. The molecular weight excluding hydrogens is 304 g/mol. The Labute approximate surface area is 141 Å². The molecule has 0 radical (unpaired) electrons. The highest BCUT2D eigenvalue weighted by Crippen LogP contribution is 2.25. The Hall–Kier alpha value is -1.65. The lowest BCUT2D eigenvalue weighted by Crippen LogP contribution is -3.11. The number of amides is 1. The molecule has 2 aromatic rings. The zero-order chi connectivity index (χ0) is 15.6. The monoisotopic (exact) mass is 327 g/mol. The summed E-state index contributed by atoms with van der Waals surface area (Å²) < 4.78 is 0. The zero-order valence-electron chi connectivity index (χ0n) is 13.3. The summed E-state index contributed by atoms with van der Waals surface area (Å²) >= 11 is 1.82. The van der Waals surface area contributed by atoms with Crippen LogP contribution in [0.2, 0.25) is 0 Å². The predicted molar refractivity (Wildman–Crippen MR) is 94.1 cm³/mol. The first-order valence-electron chi connectivity index (χ1n) is 8.59. The topological polar surface area (TPSA) is 33.5 Å². The van der Waals surface area contributed by atoms with Crippen molar-refractivity contribution in [2.45, 2.75) is 38.1 Å². The Balaban J connectivity index is 1.40. The molecule has 2 aliphatic rings. The molecule has 2 heterocycles. The second kappa shape index (κ2) is 6.46. The van der Waals surface area contributed by atoms with Crippen molar-refractivity contribution in [3.05, 3.63) is 51.7 Å². The van der Waals surface area contributed by atoms with Gasteiger partial charge in [0.2, 0.25) is 0 Å². The summed E-state index contributed by atoms with van der Waals surface area (Å²) in [5.41, 5.74) is 3.82. The molecule has 1 aromatic carbocycles. The minimum atomic E-state index is 0.140. The lowest BCUT2D eigenvalue weighted by atomic mass is 10.1. The molecule has 1 fully saturated rings. The fraction of sp³-hybridized carbons (Fsp3) is 0.421. The van der Waals surface area contributed by atoms with Gasteiger partial charge in [-0.3, -0.25) is 4.79 Å². The Morgan fingerprint density at radius 1 is 1.22 bits per heavy atom. The van der Waals surface area contributed by atoms with Crippen molar-refractivity contribution in [3.8, 4) is 0 Å². The standard InChI is InChI=1S/C19H22N2OS/c22-19(20-16-9-8-14-4-1-5-15(14)12-16)13-21-10-2-6-17(21)18-7-3-11-23-18/h3,7-9,11-12,17H,1-2,4-6,10,13H2,(H,20,22)/p+1/t17-/m1/s1. The molecule has 1 aliphatic carbocycles. The van der Waals surface area contributed by atoms with E-state index in [0.29, 0.717) is 12.6 Å². The number of rotatable bonds is 4. The summed E-state index contributed by atoms with van der Waals surface area (Å²) in [7, 11) is 0. The number of quaternary nitrogens is 1. The number of fused-ring (bicyclic) bond motifs is 1. The van der Waals surface area contributed by atoms with Gasteiger partial charge < -0.3 is 10.2 Å². The minimum Gasteiger partial charge on any atom is -0.321 e. The summed E-state index contributed by atoms with van der Waals surface area (Å²) in [5, 5.41) is 5.24. The summed E-state index contributed by atoms with van der Waals surface area (Å²) in [6.07, 6.45) is 5.99. The molecule has 120 valence electrons. The lowest BCUT2D eigenvalue weighted by Gasteiger charge is -2.20. The van der Waals surface area contributed by atoms with E-state index in [1.54, 1.807) is 0 Å². The van der Waals surface area contributed by atoms with Crippen LogP contribution in [0.4, 0.5) is 5.69 Å². The molecule has 0 bridgehead atoms. The number of carbonyl (C=O) groups is 1. The third kappa shape index (κ3) is 3.19. The first-order chi connectivity index (χ1) is 11.3. The molecule has 3 nitrogen and oxygen atoms in total. The normalized spacial score (nSPS) is 23.0. The van der Waals surface area contributed by atoms with Crippen molar-refractivity contribution in [2.24, 2.45) is 0 Å². The van der Waals surface area contributed by atoms with Gasteiger partial charge in [-0.15, -0.1) is 11.3 Å². The number of benzene rings is 1. The minimum absolute atomic E-state index is 0.140. The fourth-order valence-electron chi connectivity index (χ4n) is 4.02. The van der Waals surface area contributed by atoms with Crippen molar-refractivity contribution in [1.29, 1.82) is 0 Å². The summed E-state index contributed by atoms with van der Waals surface area (Å²) in [6, 6.07) is 11.2. The third-order valence-electron chi connectivity index (χ3n) is 5.14. The van der Waals surface area contributed by atoms with E-state index in [1.807, 2.05) is 11.3 Å². The molecule has 23 heavy (non-hydrogen) atoms. The number of thiophene rings is 1. The fourth-order valence-corrected chi connectivity index (χ4v) is 4.94. The molecule has 1 amide bonds. The number of hydrogen-bond acceptors (Lipinski definition) is 2. The van der Waals surface area contributed by atoms with E-state index >= 15 is 0 Å². The molecule has 4 heteroatoms. The van der Waals surface area contributed by atoms with Gasteiger partial charge in [-0.25, -0.2) is 0 Å². The van der Waals surface area contributed by atoms with Crippen molar-refractivity contribution < 1.29 is 9.69 Å². The summed E-state index contributed by atoms with van der Waals surface area (Å²) in [6.45, 7) is 1.67. The first kappa shape index (κ1) is 14.9. The van der Waals surface area contributed by atoms with Gasteiger partial charge in [0.05, 0.1) is 11.4 Å². The Morgan fingerprint density at radius 2 is 2.13 bits per heavy atom. The van der Waals surface area contributed by atoms with E-state index in [-0.39, 0.29) is 5.91 Å². The van der Waals surface area contributed by atoms with Crippen molar-refractivity contribution >= 4 is 22.9 Å². The van der Waals surface area contributed by atoms with Crippen LogP contribution >= 0.6 is 11.3 Å². The Kier molecular flexibility index (Phi) is 4.19. The summed E-state index contributed by atoms with van der Waals surface area (Å²) in [5.74, 6) is 0.140. The van der Waals surface area contributed by atoms with E-state index in [9.17, 15) is 4.79 Å². The van der Waals surface area contributed by atoms with Crippen molar-refractivity contribution in [1.82, 2.24) is 0 Å². The number of aryl methyl sites for hydroxylation is 2. The van der Waals surface area contributed by atoms with Crippen LogP contribution in [-0.4, -0.2) is 19.0 Å². The molecule has 2 N–H and O–H groups in total. The number of nitrogens with one attached hydrogen (secondary N) is 2. The molecule has 0 saturated carbocycles. The van der Waals surface area contributed by atoms with E-state index < -0.39 is 0 Å². The van der Waals surface area contributed by atoms with Crippen LogP contribution < -0.4 is 10.2 Å². The largest absolute Gasteiger partial charge is 0.321 e. The van der Waals surface area contributed by atoms with Gasteiger partial charge in [0, 0.05) is 18.5 Å². The number of hydrogen-bond donors (Lipinski definition) is 2.